The van der Waals surface area contributed by atoms with E-state index in [1.165, 1.54) is 50.8 Å². The van der Waals surface area contributed by atoms with Crippen molar-refractivity contribution < 1.29 is 4.90 Å². The second kappa shape index (κ2) is 6.29. The normalized spacial score (nSPS) is 26.0. The Kier molecular flexibility index (Phi) is 4.23. The average molecular weight is 280 g/mol. The van der Waals surface area contributed by atoms with Gasteiger partial charge in [0.1, 0.15) is 23.4 Å². The van der Waals surface area contributed by atoms with Crippen LogP contribution in [0.25, 0.3) is 0 Å². The lowest BCUT2D eigenvalue weighted by Crippen LogP contribution is -3.11. The van der Waals surface area contributed by atoms with Gasteiger partial charge in [0.25, 0.3) is 0 Å². The molecule has 0 radical (unpaired) electrons. The van der Waals surface area contributed by atoms with Crippen LogP contribution in [-0.2, 0) is 0 Å². The summed E-state index contributed by atoms with van der Waals surface area (Å²) in [4.78, 5) is 1.66. The molecule has 21 heavy (non-hydrogen) atoms. The fourth-order valence-electron chi connectivity index (χ4n) is 3.91. The minimum Gasteiger partial charge on any atom is -0.306 e. The third-order valence-electron chi connectivity index (χ3n) is 5.13. The lowest BCUT2D eigenvalue weighted by molar-refractivity contribution is -0.867. The van der Waals surface area contributed by atoms with Crippen LogP contribution >= 0.6 is 0 Å². The molecule has 1 heterocycles. The maximum atomic E-state index is 9.05. The molecular weight excluding hydrogens is 258 g/mol. The van der Waals surface area contributed by atoms with Gasteiger partial charge in [0, 0.05) is 6.42 Å². The molecule has 3 aliphatic rings. The molecule has 0 aromatic carbocycles. The molecule has 1 fully saturated rings. The second-order valence-electron chi connectivity index (χ2n) is 6.38. The summed E-state index contributed by atoms with van der Waals surface area (Å²) >= 11 is 0. The highest BCUT2D eigenvalue weighted by Gasteiger charge is 2.28. The Balaban J connectivity index is 1.88. The van der Waals surface area contributed by atoms with E-state index >= 15 is 0 Å². The first kappa shape index (κ1) is 14.1. The summed E-state index contributed by atoms with van der Waals surface area (Å²) in [6.07, 6.45) is 13.0. The van der Waals surface area contributed by atoms with E-state index in [-0.39, 0.29) is 0 Å². The molecule has 0 spiro atoms. The Morgan fingerprint density at radius 2 is 1.71 bits per heavy atom. The maximum absolute atomic E-state index is 9.05. The van der Waals surface area contributed by atoms with Crippen LogP contribution in [0.1, 0.15) is 44.9 Å². The van der Waals surface area contributed by atoms with Crippen LogP contribution in [0, 0.1) is 28.6 Å². The van der Waals surface area contributed by atoms with E-state index in [4.69, 9.17) is 10.5 Å². The number of allylic oxidation sites excluding steroid dienone is 6. The van der Waals surface area contributed by atoms with E-state index in [0.717, 1.165) is 18.4 Å². The van der Waals surface area contributed by atoms with Crippen LogP contribution in [0.2, 0.25) is 0 Å². The zero-order valence-corrected chi connectivity index (χ0v) is 12.5. The number of rotatable bonds is 1. The average Bonchev–Trinajstić information content (AvgIpc) is 2.56. The van der Waals surface area contributed by atoms with Gasteiger partial charge in [0.15, 0.2) is 0 Å². The van der Waals surface area contributed by atoms with Gasteiger partial charge in [-0.05, 0) is 61.7 Å². The molecule has 108 valence electrons. The molecule has 2 aliphatic carbocycles. The number of fused-ring (bicyclic) bond motifs is 1. The molecule has 0 unspecified atom stereocenters. The predicted molar refractivity (Wildman–Crippen MR) is 80.9 cm³/mol. The fraction of sp³-hybridized carbons (Fsp3) is 0.556. The fourth-order valence-corrected chi connectivity index (χ4v) is 3.91. The summed E-state index contributed by atoms with van der Waals surface area (Å²) < 4.78 is 0. The molecule has 0 aromatic rings. The number of hydrogen-bond donors (Lipinski definition) is 1. The molecule has 1 N–H and O–H groups in total. The zero-order valence-electron chi connectivity index (χ0n) is 12.5. The predicted octanol–water partition coefficient (Wildman–Crippen LogP) is 2.41. The minimum atomic E-state index is 0.298. The van der Waals surface area contributed by atoms with Crippen molar-refractivity contribution in [2.45, 2.75) is 44.9 Å². The summed E-state index contributed by atoms with van der Waals surface area (Å²) in [5, 5.41) is 18.1. The van der Waals surface area contributed by atoms with Crippen molar-refractivity contribution in [3.63, 3.8) is 0 Å². The molecule has 3 nitrogen and oxygen atoms in total. The Bertz CT molecular complexity index is 573. The van der Waals surface area contributed by atoms with E-state index in [9.17, 15) is 0 Å². The summed E-state index contributed by atoms with van der Waals surface area (Å²) in [5.41, 5.74) is 4.15. The van der Waals surface area contributed by atoms with E-state index < -0.39 is 0 Å². The van der Waals surface area contributed by atoms with Gasteiger partial charge < -0.3 is 4.90 Å². The van der Waals surface area contributed by atoms with Crippen LogP contribution in [0.5, 0.6) is 0 Å². The van der Waals surface area contributed by atoms with Gasteiger partial charge in [-0.2, -0.15) is 10.5 Å². The van der Waals surface area contributed by atoms with Crippen molar-refractivity contribution in [1.82, 2.24) is 0 Å². The molecule has 1 saturated heterocycles. The van der Waals surface area contributed by atoms with Gasteiger partial charge >= 0.3 is 0 Å². The number of hydrogen-bond acceptors (Lipinski definition) is 2. The first-order valence-corrected chi connectivity index (χ1v) is 8.12. The summed E-state index contributed by atoms with van der Waals surface area (Å²) in [6.45, 7) is 2.54. The molecule has 3 rings (SSSR count). The highest BCUT2D eigenvalue weighted by Crippen LogP contribution is 2.37. The molecule has 0 saturated carbocycles. The van der Waals surface area contributed by atoms with Crippen LogP contribution in [-0.4, -0.2) is 13.1 Å². The molecule has 1 atom stereocenters. The molecule has 0 bridgehead atoms. The van der Waals surface area contributed by atoms with Crippen LogP contribution in [0.4, 0.5) is 0 Å². The monoisotopic (exact) mass is 280 g/mol. The number of likely N-dealkylation sites (tertiary alicyclic amines) is 1. The Morgan fingerprint density at radius 1 is 1.00 bits per heavy atom. The standard InChI is InChI=1S/C18H21N3/c19-12-17(13-20)15-5-4-14-6-7-18(11-16(14)10-15)21-8-2-1-3-9-21/h10-11,14H,1-9H2/p+1/t14-/m1/s1. The van der Waals surface area contributed by atoms with Gasteiger partial charge in [-0.3, -0.25) is 0 Å². The lowest BCUT2D eigenvalue weighted by atomic mass is 9.77. The molecular formula is C18H22N3+. The summed E-state index contributed by atoms with van der Waals surface area (Å²) in [5.74, 6) is 0.639. The zero-order chi connectivity index (χ0) is 14.7. The topological polar surface area (TPSA) is 52.0 Å². The van der Waals surface area contributed by atoms with Crippen molar-refractivity contribution in [3.8, 4) is 12.1 Å². The lowest BCUT2D eigenvalue weighted by Gasteiger charge is -2.32. The summed E-state index contributed by atoms with van der Waals surface area (Å²) in [7, 11) is 0. The second-order valence-corrected chi connectivity index (χ2v) is 6.38. The van der Waals surface area contributed by atoms with Crippen molar-refractivity contribution in [2.75, 3.05) is 13.1 Å². The Labute approximate surface area is 126 Å². The van der Waals surface area contributed by atoms with Crippen LogP contribution < -0.4 is 4.90 Å². The highest BCUT2D eigenvalue weighted by molar-refractivity contribution is 5.49. The molecule has 3 heteroatoms. The van der Waals surface area contributed by atoms with E-state index in [0.29, 0.717) is 11.5 Å². The molecule has 0 aromatic heterocycles. The van der Waals surface area contributed by atoms with Crippen molar-refractivity contribution >= 4 is 0 Å². The maximum Gasteiger partial charge on any atom is 0.132 e. The number of nitriles is 2. The SMILES string of the molecule is N#CC(C#N)=C1C=C2C=C([NH+]3CCCCC3)CC[C@H]2CC1. The van der Waals surface area contributed by atoms with Gasteiger partial charge in [-0.15, -0.1) is 0 Å². The van der Waals surface area contributed by atoms with E-state index in [1.54, 1.807) is 10.6 Å². The number of nitrogens with one attached hydrogen (secondary N) is 1. The third-order valence-corrected chi connectivity index (χ3v) is 5.13. The number of nitrogens with zero attached hydrogens (tertiary/aromatic N) is 2. The molecule has 0 amide bonds. The largest absolute Gasteiger partial charge is 0.306 e. The van der Waals surface area contributed by atoms with E-state index in [2.05, 4.69) is 12.2 Å². The highest BCUT2D eigenvalue weighted by atomic mass is 15.1. The van der Waals surface area contributed by atoms with Gasteiger partial charge in [0.2, 0.25) is 0 Å². The van der Waals surface area contributed by atoms with E-state index in [1.807, 2.05) is 12.1 Å². The smallest absolute Gasteiger partial charge is 0.132 e. The first-order chi connectivity index (χ1) is 10.3. The number of quaternary nitrogens is 1. The minimum absolute atomic E-state index is 0.298. The quantitative estimate of drug-likeness (QED) is 0.750. The van der Waals surface area contributed by atoms with Crippen molar-refractivity contribution in [3.05, 3.63) is 34.6 Å². The first-order valence-electron chi connectivity index (χ1n) is 8.12. The summed E-state index contributed by atoms with van der Waals surface area (Å²) in [6, 6.07) is 4.08. The van der Waals surface area contributed by atoms with Gasteiger partial charge in [0.05, 0.1) is 13.1 Å². The van der Waals surface area contributed by atoms with Crippen LogP contribution in [0.15, 0.2) is 34.6 Å². The Hall–Kier alpha value is -1.84. The van der Waals surface area contributed by atoms with Crippen molar-refractivity contribution in [1.29, 1.82) is 10.5 Å². The third kappa shape index (κ3) is 2.94. The molecule has 1 aliphatic heterocycles. The van der Waals surface area contributed by atoms with Crippen LogP contribution in [0.3, 0.4) is 0 Å². The van der Waals surface area contributed by atoms with Crippen molar-refractivity contribution in [2.24, 2.45) is 5.92 Å². The number of piperidine rings is 1. The van der Waals surface area contributed by atoms with Gasteiger partial charge in [-0.1, -0.05) is 6.08 Å². The Morgan fingerprint density at radius 3 is 2.43 bits per heavy atom. The van der Waals surface area contributed by atoms with Gasteiger partial charge in [-0.25, -0.2) is 0 Å².